The van der Waals surface area contributed by atoms with E-state index in [1.165, 1.54) is 31.4 Å². The zero-order chi connectivity index (χ0) is 25.6. The molecule has 1 saturated heterocycles. The zero-order valence-electron chi connectivity index (χ0n) is 19.5. The number of nitrogens with zero attached hydrogens (tertiary/aromatic N) is 1. The average molecular weight is 512 g/mol. The first-order valence-electron chi connectivity index (χ1n) is 11.1. The first-order chi connectivity index (χ1) is 17.3. The van der Waals surface area contributed by atoms with Crippen LogP contribution in [-0.2, 0) is 14.9 Å². The summed E-state index contributed by atoms with van der Waals surface area (Å²) in [6.45, 7) is 1.02. The quantitative estimate of drug-likeness (QED) is 0.344. The second kappa shape index (κ2) is 9.13. The molecule has 0 spiro atoms. The first-order valence-corrected chi connectivity index (χ1v) is 11.5. The number of hydrogen-bond acceptors (Lipinski definition) is 5. The molecule has 7 nitrogen and oxygen atoms in total. The van der Waals surface area contributed by atoms with Gasteiger partial charge in [-0.2, -0.15) is 0 Å². The van der Waals surface area contributed by atoms with Crippen LogP contribution in [0.3, 0.4) is 0 Å². The number of aromatic hydroxyl groups is 1. The molecule has 1 aliphatic heterocycles. The Bertz CT molecular complexity index is 1480. The van der Waals surface area contributed by atoms with E-state index in [1.807, 2.05) is 4.57 Å². The smallest absolute Gasteiger partial charge is 0.335 e. The van der Waals surface area contributed by atoms with Gasteiger partial charge in [-0.3, -0.25) is 0 Å². The Morgan fingerprint density at radius 2 is 1.86 bits per heavy atom. The number of aromatic nitrogens is 1. The van der Waals surface area contributed by atoms with Crippen molar-refractivity contribution in [2.75, 3.05) is 34.0 Å². The molecule has 0 saturated carbocycles. The number of carboxylic acid groups (broad SMARTS) is 1. The third kappa shape index (κ3) is 3.78. The van der Waals surface area contributed by atoms with Gasteiger partial charge >= 0.3 is 5.97 Å². The highest BCUT2D eigenvalue weighted by Crippen LogP contribution is 2.49. The number of benzene rings is 3. The van der Waals surface area contributed by atoms with Crippen molar-refractivity contribution < 1.29 is 33.6 Å². The number of hydrogen-bond donors (Lipinski definition) is 2. The highest BCUT2D eigenvalue weighted by molar-refractivity contribution is 6.31. The summed E-state index contributed by atoms with van der Waals surface area (Å²) in [5.74, 6) is -1.54. The lowest BCUT2D eigenvalue weighted by Gasteiger charge is -2.42. The number of ether oxygens (including phenoxy) is 3. The van der Waals surface area contributed by atoms with Gasteiger partial charge in [-0.25, -0.2) is 9.18 Å². The van der Waals surface area contributed by atoms with Crippen molar-refractivity contribution >= 4 is 28.5 Å². The number of aromatic carboxylic acids is 1. The van der Waals surface area contributed by atoms with E-state index in [2.05, 4.69) is 0 Å². The van der Waals surface area contributed by atoms with Crippen molar-refractivity contribution in [3.05, 3.63) is 76.7 Å². The number of methoxy groups -OCH3 is 2. The summed E-state index contributed by atoms with van der Waals surface area (Å²) in [7, 11) is 2.99. The van der Waals surface area contributed by atoms with E-state index < -0.39 is 17.2 Å². The van der Waals surface area contributed by atoms with Crippen molar-refractivity contribution in [2.24, 2.45) is 0 Å². The molecule has 0 amide bonds. The molecular weight excluding hydrogens is 489 g/mol. The molecule has 36 heavy (non-hydrogen) atoms. The van der Waals surface area contributed by atoms with Gasteiger partial charge in [0.15, 0.2) is 11.6 Å². The number of halogens is 2. The maximum atomic E-state index is 14.4. The van der Waals surface area contributed by atoms with Crippen LogP contribution in [0.15, 0.2) is 54.6 Å². The standard InChI is InChI=1S/C27H23ClFNO6/c1-34-12-27(13-36-14-27)25-23(15-3-5-16(6-4-15)26(32)33)24-20(9-17(28)10-21(24)31)30(25)18-7-8-19(29)22(11-18)35-2/h3-11,31H,12-14H2,1-2H3,(H,32,33). The molecule has 0 radical (unpaired) electrons. The Morgan fingerprint density at radius 1 is 1.14 bits per heavy atom. The molecular formula is C27H23ClFNO6. The summed E-state index contributed by atoms with van der Waals surface area (Å²) in [6.07, 6.45) is 0. The number of rotatable bonds is 7. The fraction of sp³-hybridized carbons (Fsp3) is 0.222. The molecule has 9 heteroatoms. The van der Waals surface area contributed by atoms with E-state index in [4.69, 9.17) is 25.8 Å². The summed E-state index contributed by atoms with van der Waals surface area (Å²) in [6, 6.07) is 14.1. The highest BCUT2D eigenvalue weighted by atomic mass is 35.5. The molecule has 3 aromatic carbocycles. The van der Waals surface area contributed by atoms with Gasteiger partial charge in [0.25, 0.3) is 0 Å². The van der Waals surface area contributed by atoms with Crippen LogP contribution >= 0.6 is 11.6 Å². The minimum absolute atomic E-state index is 0.0447. The molecule has 1 fully saturated rings. The van der Waals surface area contributed by atoms with Crippen LogP contribution in [0.5, 0.6) is 11.5 Å². The third-order valence-corrected chi connectivity index (χ3v) is 6.72. The molecule has 5 rings (SSSR count). The maximum absolute atomic E-state index is 14.4. The molecule has 0 aliphatic carbocycles. The summed E-state index contributed by atoms with van der Waals surface area (Å²) < 4.78 is 32.7. The average Bonchev–Trinajstić information content (AvgIpc) is 3.17. The fourth-order valence-electron chi connectivity index (χ4n) is 4.89. The van der Waals surface area contributed by atoms with Crippen molar-refractivity contribution in [3.8, 4) is 28.3 Å². The van der Waals surface area contributed by atoms with Crippen LogP contribution in [0.1, 0.15) is 16.1 Å². The second-order valence-corrected chi connectivity index (χ2v) is 9.22. The van der Waals surface area contributed by atoms with Gasteiger partial charge in [-0.15, -0.1) is 0 Å². The van der Waals surface area contributed by atoms with Crippen LogP contribution in [0, 0.1) is 5.82 Å². The van der Waals surface area contributed by atoms with Gasteiger partial charge in [-0.1, -0.05) is 23.7 Å². The van der Waals surface area contributed by atoms with Gasteiger partial charge in [0, 0.05) is 35.1 Å². The SMILES string of the molecule is COCC1(c2c(-c3ccc(C(=O)O)cc3)c3c(O)cc(Cl)cc3n2-c2ccc(F)c(OC)c2)COC1. The Labute approximate surface area is 211 Å². The van der Waals surface area contributed by atoms with Crippen LogP contribution in [0.2, 0.25) is 5.02 Å². The number of phenolic OH excluding ortho intramolecular Hbond substituents is 1. The van der Waals surface area contributed by atoms with Crippen molar-refractivity contribution in [3.63, 3.8) is 0 Å². The maximum Gasteiger partial charge on any atom is 0.335 e. The number of phenols is 1. The van der Waals surface area contributed by atoms with E-state index in [1.54, 1.807) is 37.4 Å². The lowest BCUT2D eigenvalue weighted by Crippen LogP contribution is -2.51. The second-order valence-electron chi connectivity index (χ2n) is 8.79. The van der Waals surface area contributed by atoms with E-state index in [0.717, 1.165) is 5.69 Å². The van der Waals surface area contributed by atoms with E-state index >= 15 is 0 Å². The topological polar surface area (TPSA) is 90.2 Å². The summed E-state index contributed by atoms with van der Waals surface area (Å²) in [5, 5.41) is 21.3. The van der Waals surface area contributed by atoms with Crippen LogP contribution in [0.25, 0.3) is 27.7 Å². The van der Waals surface area contributed by atoms with Crippen LogP contribution in [-0.4, -0.2) is 54.8 Å². The lowest BCUT2D eigenvalue weighted by molar-refractivity contribution is -0.0938. The zero-order valence-corrected chi connectivity index (χ0v) is 20.3. The van der Waals surface area contributed by atoms with Crippen LogP contribution in [0.4, 0.5) is 4.39 Å². The normalized spacial score (nSPS) is 14.6. The summed E-state index contributed by atoms with van der Waals surface area (Å²) >= 11 is 6.38. The molecule has 0 bridgehead atoms. The number of carbonyl (C=O) groups is 1. The monoisotopic (exact) mass is 511 g/mol. The van der Waals surface area contributed by atoms with Gasteiger partial charge in [0.05, 0.1) is 48.8 Å². The van der Waals surface area contributed by atoms with E-state index in [9.17, 15) is 19.4 Å². The predicted octanol–water partition coefficient (Wildman–Crippen LogP) is 5.42. The minimum atomic E-state index is -1.04. The van der Waals surface area contributed by atoms with Gasteiger partial charge in [-0.05, 0) is 42.0 Å². The molecule has 0 atom stereocenters. The third-order valence-electron chi connectivity index (χ3n) is 6.51. The minimum Gasteiger partial charge on any atom is -0.507 e. The van der Waals surface area contributed by atoms with Gasteiger partial charge in [0.1, 0.15) is 5.75 Å². The van der Waals surface area contributed by atoms with Gasteiger partial charge < -0.3 is 29.0 Å². The Hall–Kier alpha value is -3.59. The Balaban J connectivity index is 1.93. The van der Waals surface area contributed by atoms with Crippen molar-refractivity contribution in [1.29, 1.82) is 0 Å². The first kappa shape index (κ1) is 24.1. The molecule has 186 valence electrons. The lowest BCUT2D eigenvalue weighted by atomic mass is 9.79. The Kier molecular flexibility index (Phi) is 6.12. The Morgan fingerprint density at radius 3 is 2.44 bits per heavy atom. The van der Waals surface area contributed by atoms with Crippen molar-refractivity contribution in [2.45, 2.75) is 5.41 Å². The predicted molar refractivity (Wildman–Crippen MR) is 133 cm³/mol. The number of fused-ring (bicyclic) bond motifs is 1. The summed E-state index contributed by atoms with van der Waals surface area (Å²) in [5.41, 5.74) is 2.84. The molecule has 1 aliphatic rings. The molecule has 1 aromatic heterocycles. The molecule has 0 unspecified atom stereocenters. The van der Waals surface area contributed by atoms with E-state index in [0.29, 0.717) is 52.6 Å². The molecule has 2 heterocycles. The molecule has 4 aromatic rings. The largest absolute Gasteiger partial charge is 0.507 e. The highest BCUT2D eigenvalue weighted by Gasteiger charge is 2.46. The molecule has 2 N–H and O–H groups in total. The number of carboxylic acids is 1. The van der Waals surface area contributed by atoms with Crippen molar-refractivity contribution in [1.82, 2.24) is 4.57 Å². The van der Waals surface area contributed by atoms with E-state index in [-0.39, 0.29) is 17.1 Å². The summed E-state index contributed by atoms with van der Waals surface area (Å²) in [4.78, 5) is 11.5. The fourth-order valence-corrected chi connectivity index (χ4v) is 5.10. The van der Waals surface area contributed by atoms with Crippen LogP contribution < -0.4 is 4.74 Å². The van der Waals surface area contributed by atoms with Gasteiger partial charge in [0.2, 0.25) is 0 Å².